The smallest absolute Gasteiger partial charge is 0.273 e. The molecule has 0 aliphatic carbocycles. The van der Waals surface area contributed by atoms with Gasteiger partial charge in [-0.15, -0.1) is 0 Å². The Bertz CT molecular complexity index is 521. The third-order valence-corrected chi connectivity index (χ3v) is 2.87. The summed E-state index contributed by atoms with van der Waals surface area (Å²) in [5.41, 5.74) is 6.05. The number of hydrogen-bond donors (Lipinski definition) is 2. The molecule has 1 fully saturated rings. The number of rotatable bonds is 1. The van der Waals surface area contributed by atoms with Crippen LogP contribution in [-0.4, -0.2) is 16.4 Å². The van der Waals surface area contributed by atoms with E-state index in [1.807, 2.05) is 0 Å². The van der Waals surface area contributed by atoms with Gasteiger partial charge in [-0.3, -0.25) is 19.7 Å². The summed E-state index contributed by atoms with van der Waals surface area (Å²) in [7, 11) is 1.58. The number of aromatic nitrogens is 1. The number of nitrogen functional groups attached to an aromatic ring is 1. The number of hydrogen-bond acceptors (Lipinski definition) is 4. The Hall–Kier alpha value is -2.11. The van der Waals surface area contributed by atoms with Crippen molar-refractivity contribution in [2.24, 2.45) is 7.05 Å². The van der Waals surface area contributed by atoms with Gasteiger partial charge in [0.25, 0.3) is 5.56 Å². The van der Waals surface area contributed by atoms with Gasteiger partial charge in [0.1, 0.15) is 0 Å². The average Bonchev–Trinajstić information content (AvgIpc) is 2.25. The molecule has 3 N–H and O–H groups in total. The van der Waals surface area contributed by atoms with Crippen LogP contribution in [0.15, 0.2) is 17.1 Å². The van der Waals surface area contributed by atoms with E-state index in [-0.39, 0.29) is 23.1 Å². The van der Waals surface area contributed by atoms with Crippen LogP contribution < -0.4 is 16.6 Å². The number of amides is 2. The first-order valence-electron chi connectivity index (χ1n) is 5.29. The number of carbonyl (C=O) groups excluding carboxylic acids is 2. The molecule has 0 spiro atoms. The molecule has 1 unspecified atom stereocenters. The van der Waals surface area contributed by atoms with Gasteiger partial charge >= 0.3 is 0 Å². The van der Waals surface area contributed by atoms with E-state index in [0.717, 1.165) is 0 Å². The zero-order chi connectivity index (χ0) is 12.6. The summed E-state index contributed by atoms with van der Waals surface area (Å²) in [6.07, 6.45) is 2.33. The second-order valence-corrected chi connectivity index (χ2v) is 4.15. The first kappa shape index (κ1) is 11.4. The van der Waals surface area contributed by atoms with Crippen LogP contribution in [0.4, 0.5) is 5.69 Å². The van der Waals surface area contributed by atoms with Gasteiger partial charge in [-0.2, -0.15) is 0 Å². The quantitative estimate of drug-likeness (QED) is 0.641. The number of imide groups is 1. The summed E-state index contributed by atoms with van der Waals surface area (Å²) >= 11 is 0. The molecule has 0 saturated carbocycles. The number of pyridine rings is 1. The molecule has 90 valence electrons. The number of nitrogens with two attached hydrogens (primary N) is 1. The van der Waals surface area contributed by atoms with E-state index in [1.54, 1.807) is 13.2 Å². The number of aryl methyl sites for hydroxylation is 1. The molecule has 17 heavy (non-hydrogen) atoms. The monoisotopic (exact) mass is 235 g/mol. The van der Waals surface area contributed by atoms with E-state index >= 15 is 0 Å². The highest BCUT2D eigenvalue weighted by Gasteiger charge is 2.28. The average molecular weight is 235 g/mol. The highest BCUT2D eigenvalue weighted by atomic mass is 16.2. The van der Waals surface area contributed by atoms with Gasteiger partial charge in [-0.25, -0.2) is 0 Å². The summed E-state index contributed by atoms with van der Waals surface area (Å²) in [6.45, 7) is 0. The Labute approximate surface area is 97.4 Å². The molecular weight excluding hydrogens is 222 g/mol. The molecule has 0 aromatic carbocycles. The van der Waals surface area contributed by atoms with Crippen molar-refractivity contribution in [3.8, 4) is 0 Å². The van der Waals surface area contributed by atoms with Crippen LogP contribution in [-0.2, 0) is 16.6 Å². The summed E-state index contributed by atoms with van der Waals surface area (Å²) in [5, 5.41) is 2.28. The molecule has 1 atom stereocenters. The summed E-state index contributed by atoms with van der Waals surface area (Å²) in [4.78, 5) is 34.1. The molecular formula is C11H13N3O3. The third-order valence-electron chi connectivity index (χ3n) is 2.87. The van der Waals surface area contributed by atoms with Gasteiger partial charge in [-0.05, 0) is 18.1 Å². The fourth-order valence-electron chi connectivity index (χ4n) is 1.97. The number of nitrogens with zero attached hydrogens (tertiary/aromatic N) is 1. The molecule has 2 rings (SSSR count). The van der Waals surface area contributed by atoms with Crippen molar-refractivity contribution in [1.29, 1.82) is 0 Å². The normalized spacial score (nSPS) is 20.2. The number of piperidine rings is 1. The van der Waals surface area contributed by atoms with Crippen LogP contribution in [0, 0.1) is 0 Å². The second kappa shape index (κ2) is 4.04. The van der Waals surface area contributed by atoms with Gasteiger partial charge in [-0.1, -0.05) is 0 Å². The van der Waals surface area contributed by atoms with Crippen molar-refractivity contribution < 1.29 is 9.59 Å². The minimum absolute atomic E-state index is 0.106. The zero-order valence-electron chi connectivity index (χ0n) is 9.40. The molecule has 6 nitrogen and oxygen atoms in total. The number of carbonyl (C=O) groups is 2. The maximum absolute atomic E-state index is 11.7. The third kappa shape index (κ3) is 2.06. The molecule has 2 amide bonds. The lowest BCUT2D eigenvalue weighted by Crippen LogP contribution is -2.39. The summed E-state index contributed by atoms with van der Waals surface area (Å²) in [5.74, 6) is -1.01. The first-order chi connectivity index (χ1) is 7.99. The van der Waals surface area contributed by atoms with Crippen LogP contribution >= 0.6 is 0 Å². The Morgan fingerprint density at radius 2 is 2.12 bits per heavy atom. The zero-order valence-corrected chi connectivity index (χ0v) is 9.40. The van der Waals surface area contributed by atoms with E-state index < -0.39 is 5.92 Å². The first-order valence-corrected chi connectivity index (χ1v) is 5.29. The van der Waals surface area contributed by atoms with Gasteiger partial charge in [0.05, 0.1) is 11.6 Å². The maximum Gasteiger partial charge on any atom is 0.273 e. The highest BCUT2D eigenvalue weighted by Crippen LogP contribution is 2.24. The Morgan fingerprint density at radius 3 is 2.71 bits per heavy atom. The predicted molar refractivity (Wildman–Crippen MR) is 61.2 cm³/mol. The maximum atomic E-state index is 11.7. The van der Waals surface area contributed by atoms with Crippen LogP contribution in [0.25, 0.3) is 0 Å². The fraction of sp³-hybridized carbons (Fsp3) is 0.364. The number of anilines is 1. The molecule has 0 radical (unpaired) electrons. The van der Waals surface area contributed by atoms with Gasteiger partial charge in [0, 0.05) is 19.7 Å². The van der Waals surface area contributed by atoms with E-state index in [2.05, 4.69) is 5.32 Å². The van der Waals surface area contributed by atoms with Crippen LogP contribution in [0.2, 0.25) is 0 Å². The Balaban J connectivity index is 2.38. The van der Waals surface area contributed by atoms with Crippen LogP contribution in [0.3, 0.4) is 0 Å². The standard InChI is InChI=1S/C11H13N3O3/c1-14-5-6(4-8(12)11(14)17)7-2-3-9(15)13-10(7)16/h4-5,7H,2-3,12H2,1H3,(H,13,15,16). The molecule has 1 aliphatic heterocycles. The van der Waals surface area contributed by atoms with E-state index in [0.29, 0.717) is 18.4 Å². The molecule has 1 aromatic heterocycles. The molecule has 2 heterocycles. The summed E-state index contributed by atoms with van der Waals surface area (Å²) in [6, 6.07) is 1.50. The SMILES string of the molecule is Cn1cc(C2CCC(=O)NC2=O)cc(N)c1=O. The molecule has 1 aromatic rings. The lowest BCUT2D eigenvalue weighted by molar-refractivity contribution is -0.134. The van der Waals surface area contributed by atoms with Gasteiger partial charge in [0.2, 0.25) is 11.8 Å². The van der Waals surface area contributed by atoms with Crippen molar-refractivity contribution in [2.75, 3.05) is 5.73 Å². The van der Waals surface area contributed by atoms with E-state index in [4.69, 9.17) is 5.73 Å². The van der Waals surface area contributed by atoms with Gasteiger partial charge < -0.3 is 10.3 Å². The lowest BCUT2D eigenvalue weighted by Gasteiger charge is -2.21. The lowest BCUT2D eigenvalue weighted by atomic mass is 9.91. The topological polar surface area (TPSA) is 94.2 Å². The molecule has 1 saturated heterocycles. The van der Waals surface area contributed by atoms with Crippen molar-refractivity contribution in [2.45, 2.75) is 18.8 Å². The minimum atomic E-state index is -0.415. The minimum Gasteiger partial charge on any atom is -0.394 e. The Morgan fingerprint density at radius 1 is 1.41 bits per heavy atom. The predicted octanol–water partition coefficient (Wildman–Crippen LogP) is -0.512. The van der Waals surface area contributed by atoms with Crippen molar-refractivity contribution in [3.05, 3.63) is 28.2 Å². The van der Waals surface area contributed by atoms with Crippen molar-refractivity contribution in [1.82, 2.24) is 9.88 Å². The van der Waals surface area contributed by atoms with E-state index in [9.17, 15) is 14.4 Å². The molecule has 1 aliphatic rings. The highest BCUT2D eigenvalue weighted by molar-refractivity contribution is 6.00. The number of nitrogens with one attached hydrogen (secondary N) is 1. The van der Waals surface area contributed by atoms with Crippen LogP contribution in [0.1, 0.15) is 24.3 Å². The van der Waals surface area contributed by atoms with E-state index in [1.165, 1.54) is 10.6 Å². The Kier molecular flexibility index (Phi) is 2.71. The second-order valence-electron chi connectivity index (χ2n) is 4.15. The molecule has 0 bridgehead atoms. The van der Waals surface area contributed by atoms with Gasteiger partial charge in [0.15, 0.2) is 0 Å². The molecule has 6 heteroatoms. The van der Waals surface area contributed by atoms with Crippen molar-refractivity contribution in [3.63, 3.8) is 0 Å². The fourth-order valence-corrected chi connectivity index (χ4v) is 1.97. The summed E-state index contributed by atoms with van der Waals surface area (Å²) < 4.78 is 1.34. The van der Waals surface area contributed by atoms with Crippen LogP contribution in [0.5, 0.6) is 0 Å². The van der Waals surface area contributed by atoms with Crippen molar-refractivity contribution >= 4 is 17.5 Å². The largest absolute Gasteiger partial charge is 0.394 e.